The van der Waals surface area contributed by atoms with E-state index in [1.165, 1.54) is 11.3 Å². The molecule has 128 valence electrons. The number of aryl methyl sites for hydroxylation is 3. The molecular weight excluding hydrogens is 350 g/mol. The van der Waals surface area contributed by atoms with Gasteiger partial charge in [-0.15, -0.1) is 21.5 Å². The fourth-order valence-corrected chi connectivity index (χ4v) is 4.85. The predicted molar refractivity (Wildman–Crippen MR) is 89.1 cm³/mol. The molecule has 0 spiro atoms. The molecule has 0 aliphatic carbocycles. The summed E-state index contributed by atoms with van der Waals surface area (Å²) in [6.45, 7) is 4.00. The Labute approximate surface area is 142 Å². The lowest BCUT2D eigenvalue weighted by Crippen LogP contribution is -2.25. The number of aromatic amines is 2. The summed E-state index contributed by atoms with van der Waals surface area (Å²) in [7, 11) is -3.55. The van der Waals surface area contributed by atoms with E-state index in [1.807, 2.05) is 13.0 Å². The lowest BCUT2D eigenvalue weighted by Gasteiger charge is -2.05. The van der Waals surface area contributed by atoms with E-state index < -0.39 is 10.0 Å². The van der Waals surface area contributed by atoms with Crippen LogP contribution in [-0.4, -0.2) is 45.8 Å². The molecule has 3 aromatic heterocycles. The van der Waals surface area contributed by atoms with Crippen LogP contribution in [0.25, 0.3) is 10.6 Å². The molecule has 0 aliphatic rings. The van der Waals surface area contributed by atoms with Crippen LogP contribution in [0.3, 0.4) is 0 Å². The topological polar surface area (TPSA) is 129 Å². The summed E-state index contributed by atoms with van der Waals surface area (Å²) in [6.07, 6.45) is 1.15. The minimum absolute atomic E-state index is 0.294. The van der Waals surface area contributed by atoms with Crippen molar-refractivity contribution in [3.05, 3.63) is 28.5 Å². The van der Waals surface area contributed by atoms with E-state index in [2.05, 4.69) is 35.5 Å². The number of rotatable bonds is 7. The van der Waals surface area contributed by atoms with Crippen molar-refractivity contribution in [1.82, 2.24) is 35.5 Å². The maximum absolute atomic E-state index is 12.5. The van der Waals surface area contributed by atoms with Gasteiger partial charge in [0, 0.05) is 23.5 Å². The monoisotopic (exact) mass is 367 g/mol. The van der Waals surface area contributed by atoms with Gasteiger partial charge in [0.1, 0.15) is 5.69 Å². The van der Waals surface area contributed by atoms with Crippen LogP contribution in [0.4, 0.5) is 0 Å². The van der Waals surface area contributed by atoms with Crippen molar-refractivity contribution in [1.29, 1.82) is 0 Å². The number of thiophene rings is 1. The Morgan fingerprint density at radius 3 is 2.75 bits per heavy atom. The molecule has 0 bridgehead atoms. The fourth-order valence-electron chi connectivity index (χ4n) is 2.22. The average Bonchev–Trinajstić information content (AvgIpc) is 3.24. The number of sulfonamides is 1. The molecule has 3 aromatic rings. The molecule has 3 heterocycles. The van der Waals surface area contributed by atoms with Gasteiger partial charge >= 0.3 is 0 Å². The van der Waals surface area contributed by atoms with E-state index in [9.17, 15) is 8.42 Å². The molecule has 3 N–H and O–H groups in total. The number of nitrogens with one attached hydrogen (secondary N) is 3. The Morgan fingerprint density at radius 2 is 2.08 bits per heavy atom. The minimum atomic E-state index is -3.55. The van der Waals surface area contributed by atoms with Crippen LogP contribution < -0.4 is 4.72 Å². The molecule has 0 saturated carbocycles. The second kappa shape index (κ2) is 6.79. The van der Waals surface area contributed by atoms with Gasteiger partial charge in [-0.05, 0) is 32.4 Å². The van der Waals surface area contributed by atoms with Crippen molar-refractivity contribution in [2.24, 2.45) is 0 Å². The molecule has 3 rings (SSSR count). The molecule has 0 aromatic carbocycles. The van der Waals surface area contributed by atoms with Crippen LogP contribution in [0.2, 0.25) is 0 Å². The van der Waals surface area contributed by atoms with Crippen LogP contribution in [0.15, 0.2) is 17.0 Å². The highest BCUT2D eigenvalue weighted by Crippen LogP contribution is 2.32. The molecule has 9 nitrogen and oxygen atoms in total. The summed E-state index contributed by atoms with van der Waals surface area (Å²) in [5, 5.41) is 20.5. The second-order valence-corrected chi connectivity index (χ2v) is 8.29. The van der Waals surface area contributed by atoms with Crippen LogP contribution in [0.5, 0.6) is 0 Å². The molecule has 0 unspecified atom stereocenters. The van der Waals surface area contributed by atoms with Crippen molar-refractivity contribution >= 4 is 21.4 Å². The van der Waals surface area contributed by atoms with Gasteiger partial charge in [0.2, 0.25) is 10.0 Å². The van der Waals surface area contributed by atoms with Crippen molar-refractivity contribution < 1.29 is 8.42 Å². The van der Waals surface area contributed by atoms with E-state index in [0.29, 0.717) is 30.1 Å². The van der Waals surface area contributed by atoms with E-state index >= 15 is 0 Å². The van der Waals surface area contributed by atoms with Crippen LogP contribution in [-0.2, 0) is 16.4 Å². The molecule has 0 aliphatic heterocycles. The number of hydrogen-bond acceptors (Lipinski definition) is 7. The van der Waals surface area contributed by atoms with E-state index in [-0.39, 0.29) is 0 Å². The average molecular weight is 367 g/mol. The van der Waals surface area contributed by atoms with E-state index in [4.69, 9.17) is 0 Å². The summed E-state index contributed by atoms with van der Waals surface area (Å²) in [5.74, 6) is 0.567. The maximum atomic E-state index is 12.5. The largest absolute Gasteiger partial charge is 0.282 e. The lowest BCUT2D eigenvalue weighted by atomic mass is 10.3. The SMILES string of the molecule is Cc1cc(-c2cc(S(=O)(=O)NCCCc3nn[nH]n3)c(C)s2)n[nH]1. The Bertz CT molecular complexity index is 912. The predicted octanol–water partition coefficient (Wildman–Crippen LogP) is 1.18. The zero-order valence-electron chi connectivity index (χ0n) is 13.2. The Balaban J connectivity index is 1.67. The number of H-pyrrole nitrogens is 2. The van der Waals surface area contributed by atoms with Gasteiger partial charge in [0.15, 0.2) is 5.82 Å². The molecule has 0 amide bonds. The first kappa shape index (κ1) is 16.7. The Morgan fingerprint density at radius 1 is 1.25 bits per heavy atom. The zero-order valence-corrected chi connectivity index (χ0v) is 14.8. The number of hydrogen-bond donors (Lipinski definition) is 3. The molecule has 0 fully saturated rings. The fraction of sp³-hybridized carbons (Fsp3) is 0.385. The van der Waals surface area contributed by atoms with Crippen molar-refractivity contribution in [2.45, 2.75) is 31.6 Å². The standard InChI is InChI=1S/C13H17N7O2S2/c1-8-6-10(16-15-8)11-7-12(9(2)23-11)24(21,22)14-5-3-4-13-17-19-20-18-13/h6-7,14H,3-5H2,1-2H3,(H,15,16)(H,17,18,19,20). The summed E-state index contributed by atoms with van der Waals surface area (Å²) in [6, 6.07) is 3.55. The van der Waals surface area contributed by atoms with Gasteiger partial charge in [-0.25, -0.2) is 13.1 Å². The molecule has 11 heteroatoms. The molecular formula is C13H17N7O2S2. The van der Waals surface area contributed by atoms with Gasteiger partial charge in [0.05, 0.1) is 9.77 Å². The van der Waals surface area contributed by atoms with Gasteiger partial charge in [-0.2, -0.15) is 10.3 Å². The third-order valence-electron chi connectivity index (χ3n) is 3.38. The van der Waals surface area contributed by atoms with E-state index in [1.54, 1.807) is 13.0 Å². The first-order valence-corrected chi connectivity index (χ1v) is 9.60. The van der Waals surface area contributed by atoms with Crippen LogP contribution in [0.1, 0.15) is 22.8 Å². The smallest absolute Gasteiger partial charge is 0.241 e. The second-order valence-electron chi connectivity index (χ2n) is 5.30. The number of nitrogens with zero attached hydrogens (tertiary/aromatic N) is 4. The Hall–Kier alpha value is -2.11. The molecule has 0 saturated heterocycles. The highest BCUT2D eigenvalue weighted by atomic mass is 32.2. The van der Waals surface area contributed by atoms with Crippen LogP contribution in [0, 0.1) is 13.8 Å². The quantitative estimate of drug-likeness (QED) is 0.538. The summed E-state index contributed by atoms with van der Waals surface area (Å²) in [4.78, 5) is 1.85. The number of tetrazole rings is 1. The number of aromatic nitrogens is 6. The van der Waals surface area contributed by atoms with Crippen molar-refractivity contribution in [3.8, 4) is 10.6 Å². The van der Waals surface area contributed by atoms with E-state index in [0.717, 1.165) is 21.1 Å². The van der Waals surface area contributed by atoms with Crippen molar-refractivity contribution in [3.63, 3.8) is 0 Å². The van der Waals surface area contributed by atoms with Gasteiger partial charge in [0.25, 0.3) is 0 Å². The first-order chi connectivity index (χ1) is 11.5. The zero-order chi connectivity index (χ0) is 17.2. The maximum Gasteiger partial charge on any atom is 0.241 e. The summed E-state index contributed by atoms with van der Waals surface area (Å²) >= 11 is 1.41. The molecule has 0 radical (unpaired) electrons. The summed E-state index contributed by atoms with van der Waals surface area (Å²) < 4.78 is 27.6. The third-order valence-corrected chi connectivity index (χ3v) is 6.17. The first-order valence-electron chi connectivity index (χ1n) is 7.30. The highest BCUT2D eigenvalue weighted by molar-refractivity contribution is 7.89. The third kappa shape index (κ3) is 3.68. The Kier molecular flexibility index (Phi) is 4.73. The normalized spacial score (nSPS) is 11.9. The minimum Gasteiger partial charge on any atom is -0.282 e. The van der Waals surface area contributed by atoms with Crippen molar-refractivity contribution in [2.75, 3.05) is 6.54 Å². The van der Waals surface area contributed by atoms with Gasteiger partial charge < -0.3 is 0 Å². The van der Waals surface area contributed by atoms with Gasteiger partial charge in [-0.1, -0.05) is 5.21 Å². The molecule has 0 atom stereocenters. The summed E-state index contributed by atoms with van der Waals surface area (Å²) in [5.41, 5.74) is 1.68. The highest BCUT2D eigenvalue weighted by Gasteiger charge is 2.20. The van der Waals surface area contributed by atoms with Crippen LogP contribution >= 0.6 is 11.3 Å². The molecule has 24 heavy (non-hydrogen) atoms. The van der Waals surface area contributed by atoms with Gasteiger partial charge in [-0.3, -0.25) is 5.10 Å². The lowest BCUT2D eigenvalue weighted by molar-refractivity contribution is 0.578.